The molecular formula is C28H27FN2O4. The van der Waals surface area contributed by atoms with E-state index in [1.165, 1.54) is 4.90 Å². The zero-order valence-corrected chi connectivity index (χ0v) is 19.6. The lowest BCUT2D eigenvalue weighted by Crippen LogP contribution is -2.54. The molecule has 4 atom stereocenters. The highest BCUT2D eigenvalue weighted by molar-refractivity contribution is 6.24. The van der Waals surface area contributed by atoms with E-state index in [0.29, 0.717) is 37.1 Å². The van der Waals surface area contributed by atoms with Gasteiger partial charge >= 0.3 is 0 Å². The van der Waals surface area contributed by atoms with Crippen molar-refractivity contribution in [2.24, 2.45) is 5.92 Å². The maximum absolute atomic E-state index is 14.4. The Morgan fingerprint density at radius 3 is 2.54 bits per heavy atom. The molecule has 4 unspecified atom stereocenters. The molecule has 1 aliphatic carbocycles. The summed E-state index contributed by atoms with van der Waals surface area (Å²) >= 11 is 0. The van der Waals surface area contributed by atoms with E-state index in [4.69, 9.17) is 4.74 Å². The Morgan fingerprint density at radius 2 is 1.77 bits per heavy atom. The van der Waals surface area contributed by atoms with Crippen molar-refractivity contribution >= 4 is 23.3 Å². The molecule has 1 saturated carbocycles. The number of rotatable bonds is 4. The molecule has 4 aliphatic rings. The van der Waals surface area contributed by atoms with Crippen LogP contribution in [-0.4, -0.2) is 41.3 Å². The van der Waals surface area contributed by atoms with Gasteiger partial charge in [-0.05, 0) is 37.3 Å². The summed E-state index contributed by atoms with van der Waals surface area (Å²) in [7, 11) is 0. The van der Waals surface area contributed by atoms with Gasteiger partial charge in [0.05, 0.1) is 17.2 Å². The Hall–Kier alpha value is -3.48. The van der Waals surface area contributed by atoms with Crippen molar-refractivity contribution in [2.75, 3.05) is 11.4 Å². The number of ether oxygens (including phenoxy) is 1. The van der Waals surface area contributed by atoms with Crippen LogP contribution in [0.3, 0.4) is 0 Å². The molecule has 2 aromatic rings. The maximum atomic E-state index is 14.4. The number of Topliss-reactive ketones (excluding diaryl/α,β-unsaturated/α-hetero) is 1. The fraction of sp³-hybridized carbons (Fsp3) is 0.393. The quantitative estimate of drug-likeness (QED) is 0.671. The van der Waals surface area contributed by atoms with Crippen LogP contribution in [0.4, 0.5) is 10.1 Å². The van der Waals surface area contributed by atoms with Gasteiger partial charge in [0, 0.05) is 18.7 Å². The van der Waals surface area contributed by atoms with Crippen LogP contribution in [0.25, 0.3) is 0 Å². The molecule has 0 bridgehead atoms. The first-order valence-corrected chi connectivity index (χ1v) is 12.4. The number of ketones is 1. The Morgan fingerprint density at radius 1 is 1.03 bits per heavy atom. The van der Waals surface area contributed by atoms with Crippen molar-refractivity contribution in [3.05, 3.63) is 77.1 Å². The lowest BCUT2D eigenvalue weighted by Gasteiger charge is -2.39. The van der Waals surface area contributed by atoms with Crippen LogP contribution in [0.1, 0.15) is 43.7 Å². The minimum absolute atomic E-state index is 0.0361. The van der Waals surface area contributed by atoms with E-state index in [2.05, 4.69) is 0 Å². The third-order valence-electron chi connectivity index (χ3n) is 7.78. The molecule has 0 aromatic heterocycles. The summed E-state index contributed by atoms with van der Waals surface area (Å²) in [6.07, 6.45) is -0.187. The average molecular weight is 475 g/mol. The smallest absolute Gasteiger partial charge is 0.291 e. The number of halogens is 1. The molecule has 6 nitrogen and oxygen atoms in total. The largest absolute Gasteiger partial charge is 0.483 e. The summed E-state index contributed by atoms with van der Waals surface area (Å²) < 4.78 is 20.6. The minimum Gasteiger partial charge on any atom is -0.483 e. The van der Waals surface area contributed by atoms with Crippen molar-refractivity contribution < 1.29 is 23.5 Å². The number of amides is 2. The zero-order valence-electron chi connectivity index (χ0n) is 19.6. The number of anilines is 1. The number of para-hydroxylation sites is 1. The van der Waals surface area contributed by atoms with Gasteiger partial charge in [-0.25, -0.2) is 4.39 Å². The monoisotopic (exact) mass is 474 g/mol. The average Bonchev–Trinajstić information content (AvgIpc) is 3.26. The molecule has 0 N–H and O–H groups in total. The van der Waals surface area contributed by atoms with Gasteiger partial charge in [-0.15, -0.1) is 0 Å². The van der Waals surface area contributed by atoms with Gasteiger partial charge in [0.2, 0.25) is 0 Å². The topological polar surface area (TPSA) is 66.9 Å². The van der Waals surface area contributed by atoms with Crippen LogP contribution in [-0.2, 0) is 31.2 Å². The summed E-state index contributed by atoms with van der Waals surface area (Å²) in [5, 5.41) is 0. The van der Waals surface area contributed by atoms with E-state index in [1.54, 1.807) is 4.90 Å². The first kappa shape index (κ1) is 22.0. The summed E-state index contributed by atoms with van der Waals surface area (Å²) in [5.74, 6) is -1.84. The Bertz CT molecular complexity index is 1260. The van der Waals surface area contributed by atoms with Crippen LogP contribution in [0.2, 0.25) is 0 Å². The second-order valence-electron chi connectivity index (χ2n) is 9.80. The molecule has 7 heteroatoms. The van der Waals surface area contributed by atoms with E-state index in [9.17, 15) is 18.8 Å². The van der Waals surface area contributed by atoms with Crippen LogP contribution in [0.15, 0.2) is 65.9 Å². The first-order valence-electron chi connectivity index (χ1n) is 12.4. The number of fused-ring (bicyclic) bond motifs is 4. The summed E-state index contributed by atoms with van der Waals surface area (Å²) in [4.78, 5) is 45.6. The van der Waals surface area contributed by atoms with Gasteiger partial charge in [0.15, 0.2) is 17.1 Å². The Balaban J connectivity index is 1.58. The van der Waals surface area contributed by atoms with Crippen LogP contribution in [0, 0.1) is 5.92 Å². The van der Waals surface area contributed by atoms with Gasteiger partial charge in [0.1, 0.15) is 12.3 Å². The van der Waals surface area contributed by atoms with Gasteiger partial charge in [0.25, 0.3) is 11.8 Å². The third kappa shape index (κ3) is 2.96. The zero-order chi connectivity index (χ0) is 24.3. The van der Waals surface area contributed by atoms with Crippen molar-refractivity contribution in [2.45, 2.75) is 57.0 Å². The fourth-order valence-electron chi connectivity index (χ4n) is 6.27. The predicted octanol–water partition coefficient (Wildman–Crippen LogP) is 4.04. The normalized spacial score (nSPS) is 29.4. The standard InChI is InChI=1S/C28H27FN2O4/c1-2-14-30-21-11-7-6-10-20(21)28(27(30)34)23-24(32)19-15-18(29)12-13-22(19)35-25(23)26(33)31(28)16-17-8-4-3-5-9-17/h3-11,18-19,22H,2,12-16H2,1H3. The number of benzene rings is 2. The number of hydrogen-bond donors (Lipinski definition) is 0. The number of carbonyl (C=O) groups is 3. The minimum atomic E-state index is -1.61. The van der Waals surface area contributed by atoms with E-state index < -0.39 is 29.6 Å². The van der Waals surface area contributed by atoms with Gasteiger partial charge < -0.3 is 14.5 Å². The molecule has 180 valence electrons. The van der Waals surface area contributed by atoms with Gasteiger partial charge in [-0.2, -0.15) is 0 Å². The Kier molecular flexibility index (Phi) is 5.06. The van der Waals surface area contributed by atoms with Crippen molar-refractivity contribution in [3.8, 4) is 0 Å². The lowest BCUT2D eigenvalue weighted by atomic mass is 9.72. The third-order valence-corrected chi connectivity index (χ3v) is 7.78. The molecule has 0 saturated heterocycles. The second-order valence-corrected chi connectivity index (χ2v) is 9.80. The Labute approximate surface area is 203 Å². The molecule has 0 radical (unpaired) electrons. The highest BCUT2D eigenvalue weighted by Gasteiger charge is 2.68. The van der Waals surface area contributed by atoms with Crippen molar-refractivity contribution in [3.63, 3.8) is 0 Å². The molecule has 2 aromatic carbocycles. The molecule has 1 spiro atoms. The van der Waals surface area contributed by atoms with Crippen LogP contribution < -0.4 is 4.90 Å². The van der Waals surface area contributed by atoms with E-state index >= 15 is 0 Å². The molecule has 3 heterocycles. The fourth-order valence-corrected chi connectivity index (χ4v) is 6.27. The summed E-state index contributed by atoms with van der Waals surface area (Å²) in [6, 6.07) is 16.8. The van der Waals surface area contributed by atoms with Crippen molar-refractivity contribution in [1.29, 1.82) is 0 Å². The van der Waals surface area contributed by atoms with Gasteiger partial charge in [-0.3, -0.25) is 14.4 Å². The van der Waals surface area contributed by atoms with E-state index in [0.717, 1.165) is 5.56 Å². The molecule has 3 aliphatic heterocycles. The predicted molar refractivity (Wildman–Crippen MR) is 127 cm³/mol. The molecular weight excluding hydrogens is 447 g/mol. The molecule has 6 rings (SSSR count). The van der Waals surface area contributed by atoms with Gasteiger partial charge in [-0.1, -0.05) is 55.5 Å². The van der Waals surface area contributed by atoms with Crippen LogP contribution in [0.5, 0.6) is 0 Å². The maximum Gasteiger partial charge on any atom is 0.291 e. The summed E-state index contributed by atoms with van der Waals surface area (Å²) in [6.45, 7) is 2.58. The molecule has 2 amide bonds. The van der Waals surface area contributed by atoms with E-state index in [-0.39, 0.29) is 36.0 Å². The number of nitrogens with zero attached hydrogens (tertiary/aromatic N) is 2. The van der Waals surface area contributed by atoms with Crippen molar-refractivity contribution in [1.82, 2.24) is 4.90 Å². The van der Waals surface area contributed by atoms with Crippen LogP contribution >= 0.6 is 0 Å². The number of carbonyl (C=O) groups excluding carboxylic acids is 3. The lowest BCUT2D eigenvalue weighted by molar-refractivity contribution is -0.141. The summed E-state index contributed by atoms with van der Waals surface area (Å²) in [5.41, 5.74) is 0.619. The first-order chi connectivity index (χ1) is 17.0. The SMILES string of the molecule is CCCN1C(=O)C2(C3=C(OC4CCC(F)CC4C3=O)C(=O)N2Cc2ccccc2)c2ccccc21. The van der Waals surface area contributed by atoms with E-state index in [1.807, 2.05) is 61.5 Å². The molecule has 35 heavy (non-hydrogen) atoms. The number of alkyl halides is 1. The molecule has 1 fully saturated rings. The highest BCUT2D eigenvalue weighted by atomic mass is 19.1. The number of hydrogen-bond acceptors (Lipinski definition) is 4. The highest BCUT2D eigenvalue weighted by Crippen LogP contribution is 2.56. The second kappa shape index (κ2) is 8.04.